The van der Waals surface area contributed by atoms with Gasteiger partial charge in [-0.1, -0.05) is 11.1 Å². The summed E-state index contributed by atoms with van der Waals surface area (Å²) in [6.45, 7) is 6.44. The van der Waals surface area contributed by atoms with Gasteiger partial charge in [-0.15, -0.1) is 0 Å². The molecule has 0 unspecified atom stereocenters. The van der Waals surface area contributed by atoms with Crippen molar-refractivity contribution in [2.24, 2.45) is 0 Å². The molecule has 1 aliphatic rings. The first kappa shape index (κ1) is 8.54. The molecule has 1 saturated carbocycles. The molecule has 0 aromatic carbocycles. The average molecular weight is 176 g/mol. The molecule has 1 aliphatic carbocycles. The lowest BCUT2D eigenvalue weighted by atomic mass is 9.83. The van der Waals surface area contributed by atoms with E-state index in [9.17, 15) is 0 Å². The number of hydrogen-bond donors (Lipinski definition) is 0. The molecule has 0 atom stereocenters. The van der Waals surface area contributed by atoms with E-state index in [0.29, 0.717) is 6.04 Å². The van der Waals surface area contributed by atoms with E-state index >= 15 is 0 Å². The van der Waals surface area contributed by atoms with Crippen molar-refractivity contribution < 1.29 is 0 Å². The van der Waals surface area contributed by atoms with Gasteiger partial charge in [-0.25, -0.2) is 4.98 Å². The maximum absolute atomic E-state index is 4.24. The Hall–Kier alpha value is -1.05. The highest BCUT2D eigenvalue weighted by molar-refractivity contribution is 5.20. The minimum atomic E-state index is 0.672. The Kier molecular flexibility index (Phi) is 1.98. The van der Waals surface area contributed by atoms with E-state index in [2.05, 4.69) is 29.6 Å². The Labute approximate surface area is 79.3 Å². The van der Waals surface area contributed by atoms with Gasteiger partial charge in [0.25, 0.3) is 0 Å². The van der Waals surface area contributed by atoms with Gasteiger partial charge in [0.05, 0.1) is 12.0 Å². The van der Waals surface area contributed by atoms with Crippen LogP contribution < -0.4 is 0 Å². The van der Waals surface area contributed by atoms with E-state index < -0.39 is 0 Å². The van der Waals surface area contributed by atoms with Crippen LogP contribution in [0.3, 0.4) is 0 Å². The maximum atomic E-state index is 4.24. The van der Waals surface area contributed by atoms with Gasteiger partial charge in [0.1, 0.15) is 0 Å². The maximum Gasteiger partial charge on any atom is 0.0952 e. The van der Waals surface area contributed by atoms with Crippen LogP contribution in [0.5, 0.6) is 0 Å². The lowest BCUT2D eigenvalue weighted by molar-refractivity contribution is 0.401. The molecular weight excluding hydrogens is 160 g/mol. The second-order valence-corrected chi connectivity index (χ2v) is 4.13. The monoisotopic (exact) mass is 176 g/mol. The van der Waals surface area contributed by atoms with Gasteiger partial charge in [0.2, 0.25) is 0 Å². The number of nitrogens with zero attached hydrogens (tertiary/aromatic N) is 2. The van der Waals surface area contributed by atoms with E-state index in [4.69, 9.17) is 0 Å². The van der Waals surface area contributed by atoms with Crippen molar-refractivity contribution in [3.05, 3.63) is 29.4 Å². The summed E-state index contributed by atoms with van der Waals surface area (Å²) in [7, 11) is 0. The van der Waals surface area contributed by atoms with Crippen molar-refractivity contribution in [3.63, 3.8) is 0 Å². The second kappa shape index (κ2) is 3.02. The van der Waals surface area contributed by atoms with E-state index in [-0.39, 0.29) is 0 Å². The van der Waals surface area contributed by atoms with Crippen LogP contribution in [-0.2, 0) is 0 Å². The fraction of sp³-hybridized carbons (Fsp3) is 0.545. The predicted molar refractivity (Wildman–Crippen MR) is 53.6 cm³/mol. The molecule has 1 fully saturated rings. The minimum absolute atomic E-state index is 0.672. The minimum Gasteiger partial charge on any atom is -0.334 e. The number of allylic oxidation sites excluding steroid dienone is 2. The van der Waals surface area contributed by atoms with E-state index in [1.807, 2.05) is 13.3 Å². The van der Waals surface area contributed by atoms with Crippen LogP contribution in [0, 0.1) is 6.92 Å². The second-order valence-electron chi connectivity index (χ2n) is 4.13. The molecule has 70 valence electrons. The Bertz CT molecular complexity index is 335. The van der Waals surface area contributed by atoms with Crippen LogP contribution >= 0.6 is 0 Å². The molecule has 0 saturated heterocycles. The van der Waals surface area contributed by atoms with E-state index in [1.54, 1.807) is 5.57 Å². The molecule has 1 heterocycles. The molecule has 0 spiro atoms. The smallest absolute Gasteiger partial charge is 0.0952 e. The molecule has 0 radical (unpaired) electrons. The third-order valence-corrected chi connectivity index (χ3v) is 2.82. The van der Waals surface area contributed by atoms with Crippen molar-refractivity contribution in [1.29, 1.82) is 0 Å². The molecule has 2 rings (SSSR count). The van der Waals surface area contributed by atoms with Crippen molar-refractivity contribution in [1.82, 2.24) is 9.55 Å². The van der Waals surface area contributed by atoms with Crippen LogP contribution in [0.4, 0.5) is 0 Å². The standard InChI is InChI=1S/C11H16N2/c1-8(2)10-4-11(5-10)13-6-9(3)12-7-13/h6-7,11H,4-5H2,1-3H3. The highest BCUT2D eigenvalue weighted by atomic mass is 15.1. The number of hydrogen-bond acceptors (Lipinski definition) is 1. The number of imidazole rings is 1. The molecule has 13 heavy (non-hydrogen) atoms. The van der Waals surface area contributed by atoms with E-state index in [0.717, 1.165) is 5.69 Å². The summed E-state index contributed by atoms with van der Waals surface area (Å²) in [4.78, 5) is 4.24. The molecule has 2 nitrogen and oxygen atoms in total. The summed E-state index contributed by atoms with van der Waals surface area (Å²) in [6, 6.07) is 0.672. The Morgan fingerprint density at radius 2 is 2.15 bits per heavy atom. The van der Waals surface area contributed by atoms with Gasteiger partial charge in [-0.2, -0.15) is 0 Å². The summed E-state index contributed by atoms with van der Waals surface area (Å²) < 4.78 is 2.24. The molecule has 0 N–H and O–H groups in total. The van der Waals surface area contributed by atoms with Crippen molar-refractivity contribution in [3.8, 4) is 0 Å². The highest BCUT2D eigenvalue weighted by Gasteiger charge is 2.24. The van der Waals surface area contributed by atoms with Gasteiger partial charge in [-0.3, -0.25) is 0 Å². The Morgan fingerprint density at radius 3 is 2.62 bits per heavy atom. The van der Waals surface area contributed by atoms with Gasteiger partial charge in [0.15, 0.2) is 0 Å². The van der Waals surface area contributed by atoms with Crippen molar-refractivity contribution >= 4 is 0 Å². The third kappa shape index (κ3) is 1.53. The largest absolute Gasteiger partial charge is 0.334 e. The molecule has 0 amide bonds. The summed E-state index contributed by atoms with van der Waals surface area (Å²) in [5.74, 6) is 0. The zero-order valence-corrected chi connectivity index (χ0v) is 8.54. The van der Waals surface area contributed by atoms with Gasteiger partial charge in [0, 0.05) is 12.2 Å². The highest BCUT2D eigenvalue weighted by Crippen LogP contribution is 2.38. The first-order chi connectivity index (χ1) is 6.16. The van der Waals surface area contributed by atoms with Crippen LogP contribution in [-0.4, -0.2) is 9.55 Å². The molecule has 1 aromatic rings. The number of rotatable bonds is 1. The molecule has 0 bridgehead atoms. The SMILES string of the molecule is CC(C)=C1CC(n2cnc(C)c2)C1. The van der Waals surface area contributed by atoms with Gasteiger partial charge >= 0.3 is 0 Å². The fourth-order valence-electron chi connectivity index (χ4n) is 1.77. The van der Waals surface area contributed by atoms with Crippen molar-refractivity contribution in [2.45, 2.75) is 39.7 Å². The number of aromatic nitrogens is 2. The van der Waals surface area contributed by atoms with Gasteiger partial charge < -0.3 is 4.57 Å². The zero-order chi connectivity index (χ0) is 9.42. The van der Waals surface area contributed by atoms with Crippen LogP contribution in [0.25, 0.3) is 0 Å². The fourth-order valence-corrected chi connectivity index (χ4v) is 1.77. The first-order valence-corrected chi connectivity index (χ1v) is 4.82. The predicted octanol–water partition coefficient (Wildman–Crippen LogP) is 2.86. The molecule has 2 heteroatoms. The lowest BCUT2D eigenvalue weighted by Crippen LogP contribution is -2.19. The normalized spacial score (nSPS) is 21.5. The van der Waals surface area contributed by atoms with Crippen LogP contribution in [0.15, 0.2) is 23.7 Å². The van der Waals surface area contributed by atoms with Gasteiger partial charge in [-0.05, 0) is 33.6 Å². The molecule has 0 aliphatic heterocycles. The van der Waals surface area contributed by atoms with E-state index in [1.165, 1.54) is 18.4 Å². The Balaban J connectivity index is 2.05. The summed E-state index contributed by atoms with van der Waals surface area (Å²) >= 11 is 0. The van der Waals surface area contributed by atoms with Crippen LogP contribution in [0.1, 0.15) is 38.4 Å². The quantitative estimate of drug-likeness (QED) is 0.602. The topological polar surface area (TPSA) is 17.8 Å². The summed E-state index contributed by atoms with van der Waals surface area (Å²) in [5, 5.41) is 0. The first-order valence-electron chi connectivity index (χ1n) is 4.82. The molecular formula is C11H16N2. The average Bonchev–Trinajstić information content (AvgIpc) is 2.31. The third-order valence-electron chi connectivity index (χ3n) is 2.82. The Morgan fingerprint density at radius 1 is 1.46 bits per heavy atom. The van der Waals surface area contributed by atoms with Crippen LogP contribution in [0.2, 0.25) is 0 Å². The zero-order valence-electron chi connectivity index (χ0n) is 8.54. The molecule has 1 aromatic heterocycles. The number of aryl methyl sites for hydroxylation is 1. The lowest BCUT2D eigenvalue weighted by Gasteiger charge is -2.31. The van der Waals surface area contributed by atoms with Crippen molar-refractivity contribution in [2.75, 3.05) is 0 Å². The summed E-state index contributed by atoms with van der Waals surface area (Å²) in [5.41, 5.74) is 4.23. The summed E-state index contributed by atoms with van der Waals surface area (Å²) in [6.07, 6.45) is 6.52.